The largest absolute Gasteiger partial charge is 0.396 e. The Morgan fingerprint density at radius 2 is 1.88 bits per heavy atom. The van der Waals surface area contributed by atoms with Crippen molar-refractivity contribution in [2.45, 2.75) is 39.2 Å². The Labute approximate surface area is 103 Å². The van der Waals surface area contributed by atoms with E-state index in [-0.39, 0.29) is 0 Å². The molecule has 0 aliphatic heterocycles. The number of unbranched alkanes of at least 4 members (excludes halogenated alkanes) is 3. The van der Waals surface area contributed by atoms with Crippen LogP contribution in [0.25, 0.3) is 10.9 Å². The second-order valence-electron chi connectivity index (χ2n) is 4.65. The van der Waals surface area contributed by atoms with Crippen LogP contribution in [-0.2, 0) is 6.54 Å². The minimum atomic E-state index is 0.325. The van der Waals surface area contributed by atoms with Crippen LogP contribution in [0.2, 0.25) is 0 Å². The van der Waals surface area contributed by atoms with Crippen LogP contribution in [0, 0.1) is 6.92 Å². The number of rotatable bonds is 6. The molecule has 0 aliphatic carbocycles. The van der Waals surface area contributed by atoms with Crippen LogP contribution in [-0.4, -0.2) is 16.3 Å². The van der Waals surface area contributed by atoms with Gasteiger partial charge in [-0.1, -0.05) is 25.0 Å². The second-order valence-corrected chi connectivity index (χ2v) is 4.65. The lowest BCUT2D eigenvalue weighted by molar-refractivity contribution is 0.282. The second kappa shape index (κ2) is 5.87. The molecule has 0 spiro atoms. The molecular weight excluding hydrogens is 210 g/mol. The predicted octanol–water partition coefficient (Wildman–Crippen LogP) is 3.50. The number of aryl methyl sites for hydroxylation is 2. The summed E-state index contributed by atoms with van der Waals surface area (Å²) < 4.78 is 2.33. The molecule has 0 fully saturated rings. The van der Waals surface area contributed by atoms with E-state index in [1.807, 2.05) is 0 Å². The summed E-state index contributed by atoms with van der Waals surface area (Å²) in [7, 11) is 0. The summed E-state index contributed by atoms with van der Waals surface area (Å²) in [5.74, 6) is 0. The monoisotopic (exact) mass is 231 g/mol. The molecule has 1 heterocycles. The number of hydrogen-bond donors (Lipinski definition) is 1. The summed E-state index contributed by atoms with van der Waals surface area (Å²) in [6.45, 7) is 3.57. The highest BCUT2D eigenvalue weighted by Gasteiger charge is 2.02. The van der Waals surface area contributed by atoms with Gasteiger partial charge in [0, 0.05) is 30.3 Å². The Hall–Kier alpha value is -1.28. The van der Waals surface area contributed by atoms with Crippen LogP contribution in [0.1, 0.15) is 31.2 Å². The third-order valence-electron chi connectivity index (χ3n) is 3.34. The van der Waals surface area contributed by atoms with Gasteiger partial charge in [0.15, 0.2) is 0 Å². The number of aromatic nitrogens is 1. The van der Waals surface area contributed by atoms with Crippen molar-refractivity contribution in [3.05, 3.63) is 36.0 Å². The van der Waals surface area contributed by atoms with E-state index < -0.39 is 0 Å². The lowest BCUT2D eigenvalue weighted by atomic mass is 10.1. The highest BCUT2D eigenvalue weighted by atomic mass is 16.2. The molecule has 2 nitrogen and oxygen atoms in total. The van der Waals surface area contributed by atoms with Gasteiger partial charge in [-0.15, -0.1) is 0 Å². The van der Waals surface area contributed by atoms with Crippen molar-refractivity contribution in [1.29, 1.82) is 0 Å². The summed E-state index contributed by atoms with van der Waals surface area (Å²) in [6, 6.07) is 8.68. The zero-order valence-electron chi connectivity index (χ0n) is 10.5. The van der Waals surface area contributed by atoms with Crippen molar-refractivity contribution in [2.75, 3.05) is 6.61 Å². The molecule has 0 saturated carbocycles. The van der Waals surface area contributed by atoms with Crippen molar-refractivity contribution >= 4 is 10.9 Å². The first-order valence-corrected chi connectivity index (χ1v) is 6.48. The van der Waals surface area contributed by atoms with Gasteiger partial charge in [-0.2, -0.15) is 0 Å². The van der Waals surface area contributed by atoms with Gasteiger partial charge >= 0.3 is 0 Å². The highest BCUT2D eigenvalue weighted by molar-refractivity contribution is 5.83. The van der Waals surface area contributed by atoms with E-state index in [1.54, 1.807) is 0 Å². The van der Waals surface area contributed by atoms with Crippen LogP contribution in [0.5, 0.6) is 0 Å². The van der Waals surface area contributed by atoms with E-state index in [2.05, 4.69) is 42.0 Å². The van der Waals surface area contributed by atoms with Gasteiger partial charge in [-0.3, -0.25) is 0 Å². The number of hydrogen-bond acceptors (Lipinski definition) is 1. The van der Waals surface area contributed by atoms with Gasteiger partial charge in [0.05, 0.1) is 0 Å². The van der Waals surface area contributed by atoms with E-state index in [0.717, 1.165) is 19.4 Å². The summed E-state index contributed by atoms with van der Waals surface area (Å²) in [5, 5.41) is 10.1. The van der Waals surface area contributed by atoms with Crippen molar-refractivity contribution in [2.24, 2.45) is 0 Å². The van der Waals surface area contributed by atoms with E-state index in [0.29, 0.717) is 6.61 Å². The minimum Gasteiger partial charge on any atom is -0.396 e. The first kappa shape index (κ1) is 12.2. The van der Waals surface area contributed by atoms with Crippen molar-refractivity contribution < 1.29 is 5.11 Å². The fraction of sp³-hybridized carbons (Fsp3) is 0.467. The third kappa shape index (κ3) is 2.89. The molecule has 1 N–H and O–H groups in total. The molecule has 1 aromatic carbocycles. The fourth-order valence-corrected chi connectivity index (χ4v) is 2.32. The molecule has 0 aliphatic rings. The van der Waals surface area contributed by atoms with E-state index in [4.69, 9.17) is 5.11 Å². The molecule has 92 valence electrons. The van der Waals surface area contributed by atoms with Gasteiger partial charge in [0.1, 0.15) is 0 Å². The Bertz CT molecular complexity index is 473. The number of aliphatic hydroxyl groups is 1. The molecule has 0 unspecified atom stereocenters. The smallest absolute Gasteiger partial charge is 0.0482 e. The Morgan fingerprint density at radius 1 is 1.06 bits per heavy atom. The summed E-state index contributed by atoms with van der Waals surface area (Å²) in [6.07, 6.45) is 6.65. The Balaban J connectivity index is 1.97. The Kier molecular flexibility index (Phi) is 4.21. The zero-order chi connectivity index (χ0) is 12.1. The number of benzene rings is 1. The van der Waals surface area contributed by atoms with E-state index in [1.165, 1.54) is 29.3 Å². The fourth-order valence-electron chi connectivity index (χ4n) is 2.32. The molecule has 0 radical (unpaired) electrons. The zero-order valence-corrected chi connectivity index (χ0v) is 10.5. The maximum atomic E-state index is 8.72. The summed E-state index contributed by atoms with van der Waals surface area (Å²) in [5.41, 5.74) is 2.69. The molecular formula is C15H21NO. The van der Waals surface area contributed by atoms with E-state index in [9.17, 15) is 0 Å². The SMILES string of the molecule is Cc1cccc2c1ccn2CCCCCCO. The van der Waals surface area contributed by atoms with Crippen LogP contribution in [0.3, 0.4) is 0 Å². The summed E-state index contributed by atoms with van der Waals surface area (Å²) >= 11 is 0. The maximum Gasteiger partial charge on any atom is 0.0482 e. The average Bonchev–Trinajstić information content (AvgIpc) is 2.74. The van der Waals surface area contributed by atoms with E-state index >= 15 is 0 Å². The van der Waals surface area contributed by atoms with Gasteiger partial charge in [-0.25, -0.2) is 0 Å². The number of nitrogens with zero attached hydrogens (tertiary/aromatic N) is 1. The average molecular weight is 231 g/mol. The standard InChI is InChI=1S/C15H21NO/c1-13-7-6-8-15-14(13)9-11-16(15)10-4-2-3-5-12-17/h6-9,11,17H,2-5,10,12H2,1H3. The molecule has 0 amide bonds. The van der Waals surface area contributed by atoms with Crippen LogP contribution in [0.15, 0.2) is 30.5 Å². The minimum absolute atomic E-state index is 0.325. The van der Waals surface area contributed by atoms with Gasteiger partial charge in [-0.05, 0) is 37.5 Å². The van der Waals surface area contributed by atoms with Crippen LogP contribution >= 0.6 is 0 Å². The lowest BCUT2D eigenvalue weighted by Gasteiger charge is -2.05. The maximum absolute atomic E-state index is 8.72. The third-order valence-corrected chi connectivity index (χ3v) is 3.34. The number of aliphatic hydroxyl groups excluding tert-OH is 1. The van der Waals surface area contributed by atoms with Crippen LogP contribution < -0.4 is 0 Å². The van der Waals surface area contributed by atoms with Crippen molar-refractivity contribution in [3.63, 3.8) is 0 Å². The lowest BCUT2D eigenvalue weighted by Crippen LogP contribution is -1.96. The van der Waals surface area contributed by atoms with Crippen LogP contribution in [0.4, 0.5) is 0 Å². The molecule has 0 saturated heterocycles. The van der Waals surface area contributed by atoms with Gasteiger partial charge in [0.2, 0.25) is 0 Å². The molecule has 2 aromatic rings. The molecule has 2 rings (SSSR count). The molecule has 0 atom stereocenters. The topological polar surface area (TPSA) is 25.2 Å². The predicted molar refractivity (Wildman–Crippen MR) is 72.2 cm³/mol. The Morgan fingerprint density at radius 3 is 2.71 bits per heavy atom. The molecule has 0 bridgehead atoms. The normalized spacial score (nSPS) is 11.2. The van der Waals surface area contributed by atoms with Gasteiger partial charge in [0.25, 0.3) is 0 Å². The van der Waals surface area contributed by atoms with Crippen molar-refractivity contribution in [3.8, 4) is 0 Å². The summed E-state index contributed by atoms with van der Waals surface area (Å²) in [4.78, 5) is 0. The highest BCUT2D eigenvalue weighted by Crippen LogP contribution is 2.20. The first-order valence-electron chi connectivity index (χ1n) is 6.48. The van der Waals surface area contributed by atoms with Gasteiger partial charge < -0.3 is 9.67 Å². The first-order chi connectivity index (χ1) is 8.33. The molecule has 1 aromatic heterocycles. The quantitative estimate of drug-likeness (QED) is 0.756. The van der Waals surface area contributed by atoms with Crippen molar-refractivity contribution in [1.82, 2.24) is 4.57 Å². The number of fused-ring (bicyclic) bond motifs is 1. The molecule has 2 heteroatoms. The molecule has 17 heavy (non-hydrogen) atoms.